The van der Waals surface area contributed by atoms with E-state index in [0.717, 1.165) is 36.3 Å². The van der Waals surface area contributed by atoms with Gasteiger partial charge in [-0.3, -0.25) is 0 Å². The Balaban J connectivity index is 1.63. The molecule has 1 unspecified atom stereocenters. The number of rotatable bonds is 2. The molecule has 0 N–H and O–H groups in total. The second kappa shape index (κ2) is 5.98. The van der Waals surface area contributed by atoms with E-state index in [2.05, 4.69) is 41.0 Å². The van der Waals surface area contributed by atoms with Crippen molar-refractivity contribution in [2.75, 3.05) is 0 Å². The van der Waals surface area contributed by atoms with Gasteiger partial charge in [0.25, 0.3) is 0 Å². The highest BCUT2D eigenvalue weighted by Gasteiger charge is 2.25. The zero-order valence-electron chi connectivity index (χ0n) is 13.6. The molecule has 2 aromatic carbocycles. The molecule has 0 saturated heterocycles. The Hall–Kier alpha value is -2.86. The van der Waals surface area contributed by atoms with E-state index in [0.29, 0.717) is 17.5 Å². The molecule has 0 radical (unpaired) electrons. The molecule has 24 heavy (non-hydrogen) atoms. The Morgan fingerprint density at radius 3 is 2.88 bits per heavy atom. The van der Waals surface area contributed by atoms with Crippen molar-refractivity contribution in [3.63, 3.8) is 0 Å². The highest BCUT2D eigenvalue weighted by Crippen LogP contribution is 2.35. The number of aromatic nitrogens is 1. The fraction of sp³-hybridized carbons (Fsp3) is 0.238. The van der Waals surface area contributed by atoms with Crippen LogP contribution in [0, 0.1) is 13.5 Å². The van der Waals surface area contributed by atoms with Crippen molar-refractivity contribution < 1.29 is 4.42 Å². The number of fused-ring (bicyclic) bond motifs is 1. The highest BCUT2D eigenvalue weighted by atomic mass is 16.4. The summed E-state index contributed by atoms with van der Waals surface area (Å²) in [6, 6.07) is 16.2. The predicted molar refractivity (Wildman–Crippen MR) is 94.1 cm³/mol. The zero-order chi connectivity index (χ0) is 16.5. The summed E-state index contributed by atoms with van der Waals surface area (Å²) in [6.45, 7) is 9.28. The first-order valence-corrected chi connectivity index (χ1v) is 8.26. The SMILES string of the molecule is [C-]#[N+]c1cccc(-c2nc3c(o2)CC(c2cccc(C)c2)CC3)c1. The average molecular weight is 314 g/mol. The summed E-state index contributed by atoms with van der Waals surface area (Å²) in [5.41, 5.74) is 5.24. The molecule has 0 saturated carbocycles. The zero-order valence-corrected chi connectivity index (χ0v) is 13.6. The van der Waals surface area contributed by atoms with E-state index in [4.69, 9.17) is 11.0 Å². The van der Waals surface area contributed by atoms with E-state index in [9.17, 15) is 0 Å². The Kier molecular flexibility index (Phi) is 3.66. The lowest BCUT2D eigenvalue weighted by molar-refractivity contribution is 0.458. The maximum Gasteiger partial charge on any atom is 0.225 e. The van der Waals surface area contributed by atoms with Crippen molar-refractivity contribution in [3.05, 3.63) is 82.5 Å². The number of benzene rings is 2. The van der Waals surface area contributed by atoms with E-state index >= 15 is 0 Å². The quantitative estimate of drug-likeness (QED) is 0.587. The summed E-state index contributed by atoms with van der Waals surface area (Å²) in [6.07, 6.45) is 2.94. The van der Waals surface area contributed by atoms with Gasteiger partial charge in [-0.15, -0.1) is 0 Å². The van der Waals surface area contributed by atoms with Crippen LogP contribution in [0.5, 0.6) is 0 Å². The third-order valence-electron chi connectivity index (χ3n) is 4.68. The van der Waals surface area contributed by atoms with Crippen LogP contribution in [0.4, 0.5) is 5.69 Å². The summed E-state index contributed by atoms with van der Waals surface area (Å²) < 4.78 is 6.06. The second-order valence-corrected chi connectivity index (χ2v) is 6.40. The van der Waals surface area contributed by atoms with Crippen LogP contribution in [0.2, 0.25) is 0 Å². The summed E-state index contributed by atoms with van der Waals surface area (Å²) in [5.74, 6) is 2.12. The van der Waals surface area contributed by atoms with Gasteiger partial charge in [0.1, 0.15) is 5.76 Å². The van der Waals surface area contributed by atoms with Crippen LogP contribution in [0.3, 0.4) is 0 Å². The summed E-state index contributed by atoms with van der Waals surface area (Å²) in [5, 5.41) is 0. The minimum absolute atomic E-state index is 0.493. The van der Waals surface area contributed by atoms with Gasteiger partial charge in [-0.1, -0.05) is 48.0 Å². The molecule has 0 fully saturated rings. The van der Waals surface area contributed by atoms with E-state index in [1.807, 2.05) is 18.2 Å². The van der Waals surface area contributed by atoms with Gasteiger partial charge < -0.3 is 4.42 Å². The molecule has 1 aliphatic rings. The standard InChI is InChI=1S/C21H18N2O/c1-14-5-3-6-15(11-14)16-9-10-19-20(13-16)24-21(23-19)17-7-4-8-18(12-17)22-2/h3-8,11-12,16H,9-10,13H2,1H3. The Bertz CT molecular complexity index is 933. The molecule has 0 aliphatic heterocycles. The number of aryl methyl sites for hydroxylation is 2. The molecular weight excluding hydrogens is 296 g/mol. The monoisotopic (exact) mass is 314 g/mol. The minimum Gasteiger partial charge on any atom is -0.441 e. The maximum atomic E-state index is 7.15. The lowest BCUT2D eigenvalue weighted by Crippen LogP contribution is -2.11. The van der Waals surface area contributed by atoms with Crippen LogP contribution in [-0.2, 0) is 12.8 Å². The topological polar surface area (TPSA) is 30.4 Å². The number of hydrogen-bond donors (Lipinski definition) is 0. The average Bonchev–Trinajstić information content (AvgIpc) is 3.05. The second-order valence-electron chi connectivity index (χ2n) is 6.40. The molecule has 0 bridgehead atoms. The number of nitrogens with zero attached hydrogens (tertiary/aromatic N) is 2. The van der Waals surface area contributed by atoms with Crippen molar-refractivity contribution in [1.82, 2.24) is 4.98 Å². The van der Waals surface area contributed by atoms with Gasteiger partial charge in [0.05, 0.1) is 12.3 Å². The Morgan fingerprint density at radius 2 is 2.04 bits per heavy atom. The molecule has 0 spiro atoms. The predicted octanol–water partition coefficient (Wildman–Crippen LogP) is 5.47. The molecule has 4 rings (SSSR count). The van der Waals surface area contributed by atoms with Crippen LogP contribution in [0.1, 0.15) is 34.9 Å². The molecule has 3 heteroatoms. The lowest BCUT2D eigenvalue weighted by Gasteiger charge is -2.20. The van der Waals surface area contributed by atoms with Gasteiger partial charge in [-0.05, 0) is 37.3 Å². The van der Waals surface area contributed by atoms with Crippen LogP contribution in [0.25, 0.3) is 16.3 Å². The normalized spacial score (nSPS) is 16.4. The molecule has 118 valence electrons. The highest BCUT2D eigenvalue weighted by molar-refractivity contribution is 5.62. The molecule has 3 aromatic rings. The third-order valence-corrected chi connectivity index (χ3v) is 4.68. The largest absolute Gasteiger partial charge is 0.441 e. The lowest BCUT2D eigenvalue weighted by atomic mass is 9.84. The van der Waals surface area contributed by atoms with E-state index in [-0.39, 0.29) is 0 Å². The van der Waals surface area contributed by atoms with Crippen molar-refractivity contribution in [3.8, 4) is 11.5 Å². The van der Waals surface area contributed by atoms with Gasteiger partial charge in [-0.2, -0.15) is 0 Å². The van der Waals surface area contributed by atoms with E-state index < -0.39 is 0 Å². The van der Waals surface area contributed by atoms with Crippen LogP contribution in [0.15, 0.2) is 52.9 Å². The first-order valence-electron chi connectivity index (χ1n) is 8.26. The molecule has 1 heterocycles. The number of hydrogen-bond acceptors (Lipinski definition) is 2. The molecule has 3 nitrogen and oxygen atoms in total. The first-order chi connectivity index (χ1) is 11.7. The van der Waals surface area contributed by atoms with Gasteiger partial charge >= 0.3 is 0 Å². The Morgan fingerprint density at radius 1 is 1.17 bits per heavy atom. The van der Waals surface area contributed by atoms with Crippen molar-refractivity contribution in [2.45, 2.75) is 32.1 Å². The minimum atomic E-state index is 0.493. The summed E-state index contributed by atoms with van der Waals surface area (Å²) in [7, 11) is 0. The van der Waals surface area contributed by atoms with Gasteiger partial charge in [0, 0.05) is 12.0 Å². The van der Waals surface area contributed by atoms with Gasteiger partial charge in [-0.25, -0.2) is 9.83 Å². The first kappa shape index (κ1) is 14.7. The fourth-order valence-electron chi connectivity index (χ4n) is 3.42. The van der Waals surface area contributed by atoms with Gasteiger partial charge in [0.2, 0.25) is 5.89 Å². The maximum absolute atomic E-state index is 7.15. The smallest absolute Gasteiger partial charge is 0.225 e. The summed E-state index contributed by atoms with van der Waals surface area (Å²) >= 11 is 0. The van der Waals surface area contributed by atoms with Crippen molar-refractivity contribution in [2.24, 2.45) is 0 Å². The van der Waals surface area contributed by atoms with Crippen molar-refractivity contribution >= 4 is 5.69 Å². The number of oxazole rings is 1. The Labute approximate surface area is 141 Å². The van der Waals surface area contributed by atoms with E-state index in [1.54, 1.807) is 6.07 Å². The molecule has 1 aromatic heterocycles. The van der Waals surface area contributed by atoms with E-state index in [1.165, 1.54) is 11.1 Å². The molecule has 0 amide bonds. The molecule has 1 aliphatic carbocycles. The van der Waals surface area contributed by atoms with Gasteiger partial charge in [0.15, 0.2) is 5.69 Å². The fourth-order valence-corrected chi connectivity index (χ4v) is 3.42. The van der Waals surface area contributed by atoms with Crippen LogP contribution < -0.4 is 0 Å². The van der Waals surface area contributed by atoms with Crippen molar-refractivity contribution in [1.29, 1.82) is 0 Å². The molecular formula is C21H18N2O. The van der Waals surface area contributed by atoms with Crippen LogP contribution >= 0.6 is 0 Å². The summed E-state index contributed by atoms with van der Waals surface area (Å²) in [4.78, 5) is 8.15. The third kappa shape index (κ3) is 2.72. The molecule has 1 atom stereocenters. The van der Waals surface area contributed by atoms with Crippen LogP contribution in [-0.4, -0.2) is 4.98 Å².